The summed E-state index contributed by atoms with van der Waals surface area (Å²) in [6.07, 6.45) is 0. The fourth-order valence-corrected chi connectivity index (χ4v) is 0.993. The SMILES string of the molecule is Cc1ccccc1OCC(C)(F)C(=O)O. The number of para-hydroxylation sites is 1. The van der Waals surface area contributed by atoms with Crippen molar-refractivity contribution in [2.45, 2.75) is 19.5 Å². The Morgan fingerprint density at radius 3 is 2.67 bits per heavy atom. The van der Waals surface area contributed by atoms with Crippen LogP contribution in [0.5, 0.6) is 5.75 Å². The lowest BCUT2D eigenvalue weighted by Crippen LogP contribution is -2.36. The zero-order valence-corrected chi connectivity index (χ0v) is 8.66. The number of ether oxygens (including phenoxy) is 1. The van der Waals surface area contributed by atoms with E-state index in [1.807, 2.05) is 19.1 Å². The number of halogens is 1. The minimum atomic E-state index is -2.36. The van der Waals surface area contributed by atoms with Crippen molar-refractivity contribution in [1.82, 2.24) is 0 Å². The van der Waals surface area contributed by atoms with E-state index in [0.29, 0.717) is 5.75 Å². The molecule has 1 atom stereocenters. The molecule has 15 heavy (non-hydrogen) atoms. The first-order valence-corrected chi connectivity index (χ1v) is 4.54. The zero-order valence-electron chi connectivity index (χ0n) is 8.66. The van der Waals surface area contributed by atoms with Gasteiger partial charge in [-0.05, 0) is 25.5 Å². The molecule has 0 heterocycles. The van der Waals surface area contributed by atoms with Crippen LogP contribution < -0.4 is 4.74 Å². The monoisotopic (exact) mass is 212 g/mol. The van der Waals surface area contributed by atoms with E-state index in [2.05, 4.69) is 0 Å². The third-order valence-corrected chi connectivity index (χ3v) is 2.04. The molecule has 0 aliphatic rings. The second-order valence-corrected chi connectivity index (χ2v) is 3.56. The highest BCUT2D eigenvalue weighted by Crippen LogP contribution is 2.19. The smallest absolute Gasteiger partial charge is 0.344 e. The molecular formula is C11H13FO3. The zero-order chi connectivity index (χ0) is 11.5. The van der Waals surface area contributed by atoms with Gasteiger partial charge < -0.3 is 9.84 Å². The number of aryl methyl sites for hydroxylation is 1. The molecule has 0 bridgehead atoms. The van der Waals surface area contributed by atoms with Gasteiger partial charge in [-0.15, -0.1) is 0 Å². The van der Waals surface area contributed by atoms with E-state index < -0.39 is 18.2 Å². The van der Waals surface area contributed by atoms with Gasteiger partial charge in [-0.1, -0.05) is 18.2 Å². The molecule has 0 radical (unpaired) electrons. The van der Waals surface area contributed by atoms with E-state index >= 15 is 0 Å². The predicted molar refractivity (Wildman–Crippen MR) is 53.8 cm³/mol. The Morgan fingerprint density at radius 1 is 1.53 bits per heavy atom. The number of carbonyl (C=O) groups is 1. The maximum atomic E-state index is 13.3. The first kappa shape index (κ1) is 11.5. The topological polar surface area (TPSA) is 46.5 Å². The summed E-state index contributed by atoms with van der Waals surface area (Å²) < 4.78 is 18.4. The summed E-state index contributed by atoms with van der Waals surface area (Å²) in [5.41, 5.74) is -1.51. The lowest BCUT2D eigenvalue weighted by molar-refractivity contribution is -0.151. The summed E-state index contributed by atoms with van der Waals surface area (Å²) in [6.45, 7) is 2.30. The van der Waals surface area contributed by atoms with Crippen LogP contribution in [0.2, 0.25) is 0 Å². The van der Waals surface area contributed by atoms with Crippen molar-refractivity contribution in [3.05, 3.63) is 29.8 Å². The van der Waals surface area contributed by atoms with Crippen LogP contribution in [0.1, 0.15) is 12.5 Å². The van der Waals surface area contributed by atoms with Crippen LogP contribution in [0.3, 0.4) is 0 Å². The largest absolute Gasteiger partial charge is 0.489 e. The Bertz CT molecular complexity index is 361. The molecular weight excluding hydrogens is 199 g/mol. The van der Waals surface area contributed by atoms with Crippen LogP contribution >= 0.6 is 0 Å². The van der Waals surface area contributed by atoms with Crippen molar-refractivity contribution in [2.24, 2.45) is 0 Å². The van der Waals surface area contributed by atoms with Gasteiger partial charge >= 0.3 is 5.97 Å². The molecule has 0 aliphatic carbocycles. The number of rotatable bonds is 4. The standard InChI is InChI=1S/C11H13FO3/c1-8-5-3-4-6-9(8)15-7-11(2,12)10(13)14/h3-6H,7H2,1-2H3,(H,13,14). The highest BCUT2D eigenvalue weighted by molar-refractivity contribution is 5.76. The number of hydrogen-bond donors (Lipinski definition) is 1. The quantitative estimate of drug-likeness (QED) is 0.832. The van der Waals surface area contributed by atoms with Crippen molar-refractivity contribution in [3.63, 3.8) is 0 Å². The fourth-order valence-electron chi connectivity index (χ4n) is 0.993. The third-order valence-electron chi connectivity index (χ3n) is 2.04. The maximum absolute atomic E-state index is 13.3. The molecule has 0 aromatic heterocycles. The van der Waals surface area contributed by atoms with Crippen molar-refractivity contribution in [2.75, 3.05) is 6.61 Å². The number of hydrogen-bond acceptors (Lipinski definition) is 2. The summed E-state index contributed by atoms with van der Waals surface area (Å²) in [7, 11) is 0. The van der Waals surface area contributed by atoms with E-state index in [0.717, 1.165) is 12.5 Å². The van der Waals surface area contributed by atoms with Gasteiger partial charge in [-0.3, -0.25) is 0 Å². The van der Waals surface area contributed by atoms with Gasteiger partial charge in [0.15, 0.2) is 0 Å². The molecule has 1 aromatic carbocycles. The molecule has 0 saturated heterocycles. The van der Waals surface area contributed by atoms with Gasteiger partial charge in [0.25, 0.3) is 0 Å². The molecule has 0 fully saturated rings. The van der Waals surface area contributed by atoms with Crippen molar-refractivity contribution >= 4 is 5.97 Å². The highest BCUT2D eigenvalue weighted by Gasteiger charge is 2.33. The van der Waals surface area contributed by atoms with Crippen LogP contribution in [-0.4, -0.2) is 23.4 Å². The third kappa shape index (κ3) is 2.94. The van der Waals surface area contributed by atoms with Gasteiger partial charge in [0.2, 0.25) is 5.67 Å². The van der Waals surface area contributed by atoms with E-state index in [1.165, 1.54) is 0 Å². The maximum Gasteiger partial charge on any atom is 0.344 e. The number of benzene rings is 1. The Hall–Kier alpha value is -1.58. The van der Waals surface area contributed by atoms with Crippen LogP contribution in [0.4, 0.5) is 4.39 Å². The van der Waals surface area contributed by atoms with Crippen LogP contribution in [0.15, 0.2) is 24.3 Å². The van der Waals surface area contributed by atoms with Gasteiger partial charge in [-0.2, -0.15) is 0 Å². The van der Waals surface area contributed by atoms with Gasteiger partial charge in [0.05, 0.1) is 0 Å². The molecule has 0 saturated carbocycles. The second-order valence-electron chi connectivity index (χ2n) is 3.56. The average Bonchev–Trinajstić information content (AvgIpc) is 2.16. The fraction of sp³-hybridized carbons (Fsp3) is 0.364. The molecule has 1 unspecified atom stereocenters. The van der Waals surface area contributed by atoms with Crippen LogP contribution in [0.25, 0.3) is 0 Å². The molecule has 1 aromatic rings. The van der Waals surface area contributed by atoms with Crippen molar-refractivity contribution in [1.29, 1.82) is 0 Å². The van der Waals surface area contributed by atoms with Crippen molar-refractivity contribution in [3.8, 4) is 5.75 Å². The molecule has 0 amide bonds. The normalized spacial score (nSPS) is 14.3. The second kappa shape index (κ2) is 4.29. The van der Waals surface area contributed by atoms with Crippen LogP contribution in [0, 0.1) is 6.92 Å². The summed E-state index contributed by atoms with van der Waals surface area (Å²) >= 11 is 0. The van der Waals surface area contributed by atoms with E-state index in [-0.39, 0.29) is 0 Å². The first-order chi connectivity index (χ1) is 6.93. The molecule has 3 nitrogen and oxygen atoms in total. The lowest BCUT2D eigenvalue weighted by Gasteiger charge is -2.16. The molecule has 82 valence electrons. The Balaban J connectivity index is 2.66. The van der Waals surface area contributed by atoms with E-state index in [4.69, 9.17) is 9.84 Å². The first-order valence-electron chi connectivity index (χ1n) is 4.54. The average molecular weight is 212 g/mol. The summed E-state index contributed by atoms with van der Waals surface area (Å²) in [5, 5.41) is 8.53. The number of aliphatic carboxylic acids is 1. The molecule has 1 N–H and O–H groups in total. The molecule has 0 spiro atoms. The summed E-state index contributed by atoms with van der Waals surface area (Å²) in [6, 6.07) is 7.06. The summed E-state index contributed by atoms with van der Waals surface area (Å²) in [5.74, 6) is -1.02. The van der Waals surface area contributed by atoms with E-state index in [1.54, 1.807) is 12.1 Å². The van der Waals surface area contributed by atoms with Gasteiger partial charge in [0.1, 0.15) is 12.4 Å². The highest BCUT2D eigenvalue weighted by atomic mass is 19.1. The minimum Gasteiger partial charge on any atom is -0.489 e. The predicted octanol–water partition coefficient (Wildman–Crippen LogP) is 2.19. The minimum absolute atomic E-state index is 0.493. The summed E-state index contributed by atoms with van der Waals surface area (Å²) in [4.78, 5) is 10.5. The number of alkyl halides is 1. The van der Waals surface area contributed by atoms with Gasteiger partial charge in [-0.25, -0.2) is 9.18 Å². The Morgan fingerprint density at radius 2 is 2.13 bits per heavy atom. The molecule has 0 aliphatic heterocycles. The molecule has 1 rings (SSSR count). The van der Waals surface area contributed by atoms with Crippen molar-refractivity contribution < 1.29 is 19.0 Å². The van der Waals surface area contributed by atoms with Gasteiger partial charge in [0, 0.05) is 0 Å². The number of carboxylic acids is 1. The Kier molecular flexibility index (Phi) is 3.29. The Labute approximate surface area is 87.5 Å². The van der Waals surface area contributed by atoms with E-state index in [9.17, 15) is 9.18 Å². The molecule has 4 heteroatoms. The van der Waals surface area contributed by atoms with Crippen LogP contribution in [-0.2, 0) is 4.79 Å². The number of carboxylic acid groups (broad SMARTS) is 1. The lowest BCUT2D eigenvalue weighted by atomic mass is 10.1.